The highest BCUT2D eigenvalue weighted by atomic mass is 16.5. The molecule has 0 saturated heterocycles. The predicted octanol–water partition coefficient (Wildman–Crippen LogP) is -0.637. The van der Waals surface area contributed by atoms with E-state index in [0.717, 1.165) is 0 Å². The molecule has 2 heterocycles. The first-order valence-electron chi connectivity index (χ1n) is 2.75. The summed E-state index contributed by atoms with van der Waals surface area (Å²) in [5.41, 5.74) is 0.692. The molecule has 0 fully saturated rings. The maximum absolute atomic E-state index is 10.6. The number of fused-ring (bicyclic) bond motifs is 1. The average molecular weight is 136 g/mol. The number of hydrogen-bond acceptors (Lipinski definition) is 3. The van der Waals surface area contributed by atoms with E-state index in [-0.39, 0.29) is 0 Å². The highest BCUT2D eigenvalue weighted by Gasteiger charge is 1.95. The van der Waals surface area contributed by atoms with Gasteiger partial charge in [-0.2, -0.15) is 4.73 Å². The molecule has 0 unspecified atom stereocenters. The van der Waals surface area contributed by atoms with Crippen LogP contribution in [0.15, 0.2) is 24.8 Å². The summed E-state index contributed by atoms with van der Waals surface area (Å²) in [6.45, 7) is 0. The van der Waals surface area contributed by atoms with Crippen LogP contribution in [0.5, 0.6) is 0 Å². The minimum Gasteiger partial charge on any atom is -0.619 e. The van der Waals surface area contributed by atoms with Crippen molar-refractivity contribution >= 4 is 5.52 Å². The average Bonchev–Trinajstić information content (AvgIpc) is 2.33. The summed E-state index contributed by atoms with van der Waals surface area (Å²) in [4.78, 5) is 0. The van der Waals surface area contributed by atoms with Crippen LogP contribution in [-0.4, -0.2) is 14.8 Å². The Morgan fingerprint density at radius 1 is 1.60 bits per heavy atom. The Hall–Kier alpha value is -1.65. The van der Waals surface area contributed by atoms with Crippen molar-refractivity contribution in [2.24, 2.45) is 0 Å². The van der Waals surface area contributed by atoms with E-state index in [9.17, 15) is 5.21 Å². The smallest absolute Gasteiger partial charge is 0.207 e. The summed E-state index contributed by atoms with van der Waals surface area (Å²) in [6.07, 6.45) is 5.84. The van der Waals surface area contributed by atoms with Gasteiger partial charge in [-0.3, -0.25) is 0 Å². The van der Waals surface area contributed by atoms with Crippen molar-refractivity contribution in [1.29, 1.82) is 0 Å². The topological polar surface area (TPSA) is 57.1 Å². The van der Waals surface area contributed by atoms with Crippen LogP contribution in [0, 0.1) is 5.21 Å². The molecule has 0 aliphatic heterocycles. The van der Waals surface area contributed by atoms with Crippen LogP contribution in [0.4, 0.5) is 0 Å². The Morgan fingerprint density at radius 2 is 2.50 bits per heavy atom. The van der Waals surface area contributed by atoms with Gasteiger partial charge in [0, 0.05) is 0 Å². The molecule has 2 rings (SSSR count). The van der Waals surface area contributed by atoms with Crippen molar-refractivity contribution in [3.63, 3.8) is 0 Å². The van der Waals surface area contributed by atoms with Crippen LogP contribution in [0.3, 0.4) is 0 Å². The maximum Gasteiger partial charge on any atom is 0.207 e. The fraction of sp³-hybridized carbons (Fsp3) is 0. The Labute approximate surface area is 56.1 Å². The summed E-state index contributed by atoms with van der Waals surface area (Å²) in [6, 6.07) is 0. The van der Waals surface area contributed by atoms with Crippen LogP contribution in [0.2, 0.25) is 0 Å². The summed E-state index contributed by atoms with van der Waals surface area (Å²) in [7, 11) is 0. The number of hydrogen-bond donors (Lipinski definition) is 0. The fourth-order valence-corrected chi connectivity index (χ4v) is 0.762. The van der Waals surface area contributed by atoms with Crippen molar-refractivity contribution in [3.8, 4) is 0 Å². The standard InChI is InChI=1S/C5H4N4O/c10-8-1-2-9-5(4-8)3-6-7-9/h1-4H. The van der Waals surface area contributed by atoms with Gasteiger partial charge in [0.25, 0.3) is 0 Å². The minimum atomic E-state index is 0.692. The van der Waals surface area contributed by atoms with Crippen LogP contribution >= 0.6 is 0 Å². The highest BCUT2D eigenvalue weighted by molar-refractivity contribution is 5.37. The second-order valence-corrected chi connectivity index (χ2v) is 1.89. The predicted molar refractivity (Wildman–Crippen MR) is 31.9 cm³/mol. The van der Waals surface area contributed by atoms with Crippen molar-refractivity contribution < 1.29 is 4.73 Å². The summed E-state index contributed by atoms with van der Waals surface area (Å²) >= 11 is 0. The van der Waals surface area contributed by atoms with Gasteiger partial charge >= 0.3 is 0 Å². The second-order valence-electron chi connectivity index (χ2n) is 1.89. The van der Waals surface area contributed by atoms with Crippen LogP contribution < -0.4 is 4.73 Å². The van der Waals surface area contributed by atoms with E-state index in [2.05, 4.69) is 10.3 Å². The minimum absolute atomic E-state index is 0.692. The lowest BCUT2D eigenvalue weighted by molar-refractivity contribution is -0.604. The van der Waals surface area contributed by atoms with E-state index in [1.807, 2.05) is 0 Å². The van der Waals surface area contributed by atoms with Crippen LogP contribution in [0.25, 0.3) is 5.52 Å². The van der Waals surface area contributed by atoms with E-state index in [4.69, 9.17) is 0 Å². The molecule has 0 aliphatic carbocycles. The number of nitrogens with zero attached hydrogens (tertiary/aromatic N) is 4. The molecule has 0 saturated carbocycles. The number of aromatic nitrogens is 4. The van der Waals surface area contributed by atoms with Gasteiger partial charge in [0.05, 0.1) is 12.4 Å². The zero-order chi connectivity index (χ0) is 6.97. The first kappa shape index (κ1) is 5.16. The van der Waals surface area contributed by atoms with E-state index in [0.29, 0.717) is 10.2 Å². The lowest BCUT2D eigenvalue weighted by atomic mass is 10.6. The molecule has 0 radical (unpaired) electrons. The Morgan fingerprint density at radius 3 is 3.40 bits per heavy atom. The third-order valence-electron chi connectivity index (χ3n) is 1.22. The molecule has 2 aromatic rings. The lowest BCUT2D eigenvalue weighted by Gasteiger charge is -1.92. The highest BCUT2D eigenvalue weighted by Crippen LogP contribution is 1.91. The quantitative estimate of drug-likeness (QED) is 0.357. The molecule has 5 heteroatoms. The van der Waals surface area contributed by atoms with Crippen LogP contribution in [0.1, 0.15) is 0 Å². The molecule has 0 amide bonds. The van der Waals surface area contributed by atoms with Crippen molar-refractivity contribution in [1.82, 2.24) is 14.8 Å². The van der Waals surface area contributed by atoms with Gasteiger partial charge < -0.3 is 5.21 Å². The lowest BCUT2D eigenvalue weighted by Crippen LogP contribution is -2.24. The second kappa shape index (κ2) is 1.66. The molecule has 10 heavy (non-hydrogen) atoms. The van der Waals surface area contributed by atoms with E-state index in [1.165, 1.54) is 23.1 Å². The molecule has 0 aromatic carbocycles. The molecule has 50 valence electrons. The third-order valence-corrected chi connectivity index (χ3v) is 1.22. The summed E-state index contributed by atoms with van der Waals surface area (Å²) < 4.78 is 2.23. The van der Waals surface area contributed by atoms with Gasteiger partial charge in [-0.1, -0.05) is 5.21 Å². The van der Waals surface area contributed by atoms with Gasteiger partial charge in [-0.05, 0) is 0 Å². The Kier molecular flexibility index (Phi) is 0.858. The molecule has 0 N–H and O–H groups in total. The molecule has 5 nitrogen and oxygen atoms in total. The Bertz CT molecular complexity index is 355. The number of rotatable bonds is 0. The third kappa shape index (κ3) is 0.604. The first-order valence-corrected chi connectivity index (χ1v) is 2.75. The fourth-order valence-electron chi connectivity index (χ4n) is 0.762. The molecular weight excluding hydrogens is 132 g/mol. The SMILES string of the molecule is [O-][n+]1ccn2nncc2c1. The normalized spacial score (nSPS) is 10.4. The molecule has 0 bridgehead atoms. The molecule has 0 spiro atoms. The zero-order valence-corrected chi connectivity index (χ0v) is 5.01. The van der Waals surface area contributed by atoms with Gasteiger partial charge in [0.1, 0.15) is 0 Å². The summed E-state index contributed by atoms with van der Waals surface area (Å²) in [5, 5.41) is 17.9. The molecular formula is C5H4N4O. The van der Waals surface area contributed by atoms with Gasteiger partial charge in [0.2, 0.25) is 6.20 Å². The van der Waals surface area contributed by atoms with E-state index >= 15 is 0 Å². The van der Waals surface area contributed by atoms with Gasteiger partial charge in [-0.25, -0.2) is 4.52 Å². The van der Waals surface area contributed by atoms with Gasteiger partial charge in [-0.15, -0.1) is 5.10 Å². The molecule has 0 aliphatic rings. The van der Waals surface area contributed by atoms with E-state index in [1.54, 1.807) is 6.20 Å². The van der Waals surface area contributed by atoms with Crippen molar-refractivity contribution in [3.05, 3.63) is 30.0 Å². The van der Waals surface area contributed by atoms with Crippen LogP contribution in [-0.2, 0) is 0 Å². The monoisotopic (exact) mass is 136 g/mol. The molecule has 2 aromatic heterocycles. The Balaban J connectivity index is 2.86. The van der Waals surface area contributed by atoms with Crippen molar-refractivity contribution in [2.75, 3.05) is 0 Å². The zero-order valence-electron chi connectivity index (χ0n) is 5.01. The van der Waals surface area contributed by atoms with Crippen molar-refractivity contribution in [2.45, 2.75) is 0 Å². The molecule has 0 atom stereocenters. The first-order chi connectivity index (χ1) is 4.86. The van der Waals surface area contributed by atoms with E-state index < -0.39 is 0 Å². The van der Waals surface area contributed by atoms with Gasteiger partial charge in [0.15, 0.2) is 11.7 Å². The summed E-state index contributed by atoms with van der Waals surface area (Å²) in [5.74, 6) is 0. The largest absolute Gasteiger partial charge is 0.619 e. The maximum atomic E-state index is 10.6.